The highest BCUT2D eigenvalue weighted by Crippen LogP contribution is 2.18. The number of benzene rings is 1. The summed E-state index contributed by atoms with van der Waals surface area (Å²) in [5, 5.41) is 3.83. The van der Waals surface area contributed by atoms with Gasteiger partial charge in [-0.1, -0.05) is 18.2 Å². The fourth-order valence-electron chi connectivity index (χ4n) is 2.02. The van der Waals surface area contributed by atoms with Gasteiger partial charge in [0.2, 0.25) is 5.91 Å². The van der Waals surface area contributed by atoms with Crippen LogP contribution in [0.3, 0.4) is 0 Å². The maximum Gasteiger partial charge on any atom is 0.237 e. The maximum absolute atomic E-state index is 11.8. The van der Waals surface area contributed by atoms with E-state index in [2.05, 4.69) is 16.2 Å². The first-order valence-electron chi connectivity index (χ1n) is 6.24. The summed E-state index contributed by atoms with van der Waals surface area (Å²) in [6, 6.07) is 7.39. The predicted octanol–water partition coefficient (Wildman–Crippen LogP) is 1.18. The third-order valence-electron chi connectivity index (χ3n) is 3.02. The number of amides is 1. The summed E-state index contributed by atoms with van der Waals surface area (Å²) in [6.07, 6.45) is 8.05. The van der Waals surface area contributed by atoms with E-state index in [-0.39, 0.29) is 5.91 Å². The van der Waals surface area contributed by atoms with Crippen LogP contribution in [0.15, 0.2) is 30.5 Å². The van der Waals surface area contributed by atoms with Gasteiger partial charge in [0.15, 0.2) is 0 Å². The zero-order valence-corrected chi connectivity index (χ0v) is 10.6. The van der Waals surface area contributed by atoms with Crippen LogP contribution in [-0.4, -0.2) is 23.5 Å². The lowest BCUT2D eigenvalue weighted by atomic mass is 10.1. The van der Waals surface area contributed by atoms with Crippen LogP contribution in [0.25, 0.3) is 10.9 Å². The number of aromatic amines is 1. The highest BCUT2D eigenvalue weighted by molar-refractivity contribution is 5.86. The first kappa shape index (κ1) is 13.2. The van der Waals surface area contributed by atoms with Gasteiger partial charge < -0.3 is 16.0 Å². The molecule has 0 aliphatic carbocycles. The fraction of sp³-hybridized carbons (Fsp3) is 0.267. The topological polar surface area (TPSA) is 70.9 Å². The largest absolute Gasteiger partial charge is 0.361 e. The number of terminal acetylenes is 1. The number of H-pyrrole nitrogens is 1. The highest BCUT2D eigenvalue weighted by atomic mass is 16.2. The number of hydrogen-bond donors (Lipinski definition) is 3. The lowest BCUT2D eigenvalue weighted by Gasteiger charge is -2.11. The maximum atomic E-state index is 11.8. The van der Waals surface area contributed by atoms with Gasteiger partial charge >= 0.3 is 0 Å². The van der Waals surface area contributed by atoms with Crippen LogP contribution in [0, 0.1) is 12.3 Å². The number of para-hydroxylation sites is 1. The molecular weight excluding hydrogens is 238 g/mol. The first-order valence-corrected chi connectivity index (χ1v) is 6.24. The molecule has 0 spiro atoms. The van der Waals surface area contributed by atoms with Gasteiger partial charge in [-0.15, -0.1) is 12.3 Å². The molecule has 0 bridgehead atoms. The van der Waals surface area contributed by atoms with Gasteiger partial charge in [0.25, 0.3) is 0 Å². The predicted molar refractivity (Wildman–Crippen MR) is 76.4 cm³/mol. The summed E-state index contributed by atoms with van der Waals surface area (Å²) in [5.74, 6) is 2.31. The van der Waals surface area contributed by atoms with Crippen LogP contribution in [0.4, 0.5) is 0 Å². The van der Waals surface area contributed by atoms with Gasteiger partial charge in [0, 0.05) is 30.1 Å². The monoisotopic (exact) mass is 255 g/mol. The zero-order chi connectivity index (χ0) is 13.7. The van der Waals surface area contributed by atoms with E-state index in [1.807, 2.05) is 30.5 Å². The van der Waals surface area contributed by atoms with Gasteiger partial charge in [-0.3, -0.25) is 4.79 Å². The Morgan fingerprint density at radius 2 is 2.26 bits per heavy atom. The minimum absolute atomic E-state index is 0.166. The number of carbonyl (C=O) groups is 1. The molecule has 1 atom stereocenters. The van der Waals surface area contributed by atoms with Gasteiger partial charge in [-0.05, 0) is 18.1 Å². The smallest absolute Gasteiger partial charge is 0.237 e. The number of aromatic nitrogens is 1. The van der Waals surface area contributed by atoms with E-state index < -0.39 is 6.04 Å². The van der Waals surface area contributed by atoms with Crippen molar-refractivity contribution in [3.05, 3.63) is 36.0 Å². The molecule has 0 fully saturated rings. The van der Waals surface area contributed by atoms with Crippen molar-refractivity contribution in [2.45, 2.75) is 18.9 Å². The molecular formula is C15H17N3O. The molecule has 2 rings (SSSR count). The zero-order valence-electron chi connectivity index (χ0n) is 10.6. The second kappa shape index (κ2) is 6.07. The Balaban J connectivity index is 2.00. The van der Waals surface area contributed by atoms with Crippen LogP contribution in [-0.2, 0) is 11.2 Å². The highest BCUT2D eigenvalue weighted by Gasteiger charge is 2.15. The summed E-state index contributed by atoms with van der Waals surface area (Å²) in [7, 11) is 0. The minimum Gasteiger partial charge on any atom is -0.361 e. The molecule has 0 unspecified atom stereocenters. The summed E-state index contributed by atoms with van der Waals surface area (Å²) in [6.45, 7) is 0.469. The van der Waals surface area contributed by atoms with Crippen molar-refractivity contribution in [3.63, 3.8) is 0 Å². The van der Waals surface area contributed by atoms with Crippen molar-refractivity contribution in [3.8, 4) is 12.3 Å². The quantitative estimate of drug-likeness (QED) is 0.554. The first-order chi connectivity index (χ1) is 9.22. The van der Waals surface area contributed by atoms with Gasteiger partial charge in [-0.25, -0.2) is 0 Å². The SMILES string of the molecule is C#CCCNC(=O)[C@@H](N)Cc1c[nH]c2ccccc12. The van der Waals surface area contributed by atoms with E-state index in [0.29, 0.717) is 19.4 Å². The van der Waals surface area contributed by atoms with E-state index in [9.17, 15) is 4.79 Å². The van der Waals surface area contributed by atoms with Crippen LogP contribution in [0.5, 0.6) is 0 Å². The molecule has 1 heterocycles. The number of hydrogen-bond acceptors (Lipinski definition) is 2. The molecule has 4 nitrogen and oxygen atoms in total. The van der Waals surface area contributed by atoms with Gasteiger partial charge in [0.1, 0.15) is 0 Å². The van der Waals surface area contributed by atoms with E-state index in [4.69, 9.17) is 12.2 Å². The van der Waals surface area contributed by atoms with Gasteiger partial charge in [-0.2, -0.15) is 0 Å². The summed E-state index contributed by atoms with van der Waals surface area (Å²) < 4.78 is 0. The Labute approximate surface area is 112 Å². The van der Waals surface area contributed by atoms with Crippen molar-refractivity contribution in [2.75, 3.05) is 6.54 Å². The lowest BCUT2D eigenvalue weighted by molar-refractivity contribution is -0.122. The molecule has 1 aromatic carbocycles. The number of rotatable bonds is 5. The Morgan fingerprint density at radius 3 is 3.05 bits per heavy atom. The molecule has 1 amide bonds. The van der Waals surface area contributed by atoms with E-state index in [0.717, 1.165) is 16.5 Å². The molecule has 0 saturated carbocycles. The van der Waals surface area contributed by atoms with Gasteiger partial charge in [0.05, 0.1) is 6.04 Å². The molecule has 4 heteroatoms. The molecule has 0 aliphatic rings. The second-order valence-electron chi connectivity index (χ2n) is 4.42. The van der Waals surface area contributed by atoms with Crippen LogP contribution in [0.2, 0.25) is 0 Å². The molecule has 1 aromatic heterocycles. The van der Waals surface area contributed by atoms with Crippen molar-refractivity contribution >= 4 is 16.8 Å². The Hall–Kier alpha value is -2.25. The lowest BCUT2D eigenvalue weighted by Crippen LogP contribution is -2.42. The average Bonchev–Trinajstić information content (AvgIpc) is 2.82. The Bertz CT molecular complexity index is 609. The molecule has 2 aromatic rings. The third kappa shape index (κ3) is 3.15. The number of fused-ring (bicyclic) bond motifs is 1. The van der Waals surface area contributed by atoms with Crippen LogP contribution >= 0.6 is 0 Å². The number of carbonyl (C=O) groups excluding carboxylic acids is 1. The third-order valence-corrected chi connectivity index (χ3v) is 3.02. The Morgan fingerprint density at radius 1 is 1.47 bits per heavy atom. The molecule has 19 heavy (non-hydrogen) atoms. The summed E-state index contributed by atoms with van der Waals surface area (Å²) in [4.78, 5) is 14.9. The fourth-order valence-corrected chi connectivity index (χ4v) is 2.02. The number of nitrogens with two attached hydrogens (primary N) is 1. The van der Waals surface area contributed by atoms with Crippen molar-refractivity contribution in [2.24, 2.45) is 5.73 Å². The standard InChI is InChI=1S/C15H17N3O/c1-2-3-8-17-15(19)13(16)9-11-10-18-14-7-5-4-6-12(11)14/h1,4-7,10,13,18H,3,8-9,16H2,(H,17,19)/t13-/m0/s1. The summed E-state index contributed by atoms with van der Waals surface area (Å²) in [5.41, 5.74) is 8.01. The van der Waals surface area contributed by atoms with Crippen LogP contribution in [0.1, 0.15) is 12.0 Å². The molecule has 0 saturated heterocycles. The molecule has 0 radical (unpaired) electrons. The molecule has 0 aliphatic heterocycles. The van der Waals surface area contributed by atoms with Crippen molar-refractivity contribution in [1.82, 2.24) is 10.3 Å². The van der Waals surface area contributed by atoms with Crippen LogP contribution < -0.4 is 11.1 Å². The molecule has 4 N–H and O–H groups in total. The van der Waals surface area contributed by atoms with E-state index >= 15 is 0 Å². The minimum atomic E-state index is -0.558. The van der Waals surface area contributed by atoms with Crippen molar-refractivity contribution < 1.29 is 4.79 Å². The van der Waals surface area contributed by atoms with E-state index in [1.165, 1.54) is 0 Å². The normalized spacial score (nSPS) is 12.0. The van der Waals surface area contributed by atoms with Crippen molar-refractivity contribution in [1.29, 1.82) is 0 Å². The average molecular weight is 255 g/mol. The second-order valence-corrected chi connectivity index (χ2v) is 4.42. The Kier molecular flexibility index (Phi) is 4.22. The van der Waals surface area contributed by atoms with E-state index in [1.54, 1.807) is 0 Å². The molecule has 98 valence electrons. The number of nitrogens with one attached hydrogen (secondary N) is 2. The summed E-state index contributed by atoms with van der Waals surface area (Å²) >= 11 is 0.